The fourth-order valence-electron chi connectivity index (χ4n) is 2.78. The van der Waals surface area contributed by atoms with Gasteiger partial charge in [0.2, 0.25) is 12.6 Å². The number of hydrogen-bond acceptors (Lipinski definition) is 14. The smallest absolute Gasteiger partial charge is 0.303 e. The number of nitro groups is 1. The average molecular weight is 493 g/mol. The van der Waals surface area contributed by atoms with E-state index in [0.29, 0.717) is 0 Å². The summed E-state index contributed by atoms with van der Waals surface area (Å²) < 4.78 is 30.2. The van der Waals surface area contributed by atoms with Gasteiger partial charge in [-0.1, -0.05) is 0 Å². The molecule has 5 atom stereocenters. The first-order chi connectivity index (χ1) is 15.6. The minimum absolute atomic E-state index is 0.703. The molecule has 0 saturated carbocycles. The van der Waals surface area contributed by atoms with Crippen LogP contribution in [-0.4, -0.2) is 84.4 Å². The van der Waals surface area contributed by atoms with Crippen LogP contribution in [0.1, 0.15) is 41.5 Å². The molecule has 0 heterocycles. The van der Waals surface area contributed by atoms with Gasteiger partial charge in [-0.2, -0.15) is 0 Å². The molecule has 0 aromatic rings. The van der Waals surface area contributed by atoms with Gasteiger partial charge in [-0.05, 0) is 0 Å². The molecule has 0 radical (unpaired) electrons. The Balaban J connectivity index is 6.76. The molecular formula is C19H27NO14. The lowest BCUT2D eigenvalue weighted by atomic mass is 9.97. The molecule has 15 heteroatoms. The van der Waals surface area contributed by atoms with Crippen molar-refractivity contribution >= 4 is 35.8 Å². The minimum atomic E-state index is -1.91. The molecule has 0 amide bonds. The maximum atomic E-state index is 11.9. The molecule has 0 aliphatic rings. The topological polar surface area (TPSA) is 201 Å². The van der Waals surface area contributed by atoms with Crippen LogP contribution in [0.4, 0.5) is 0 Å². The third-order valence-corrected chi connectivity index (χ3v) is 3.70. The van der Waals surface area contributed by atoms with Gasteiger partial charge < -0.3 is 28.4 Å². The van der Waals surface area contributed by atoms with Crippen molar-refractivity contribution in [3.05, 3.63) is 10.1 Å². The van der Waals surface area contributed by atoms with Gasteiger partial charge in [0.25, 0.3) is 0 Å². The van der Waals surface area contributed by atoms with Crippen LogP contribution in [0.25, 0.3) is 0 Å². The van der Waals surface area contributed by atoms with Crippen molar-refractivity contribution in [2.75, 3.05) is 13.2 Å². The van der Waals surface area contributed by atoms with Gasteiger partial charge in [-0.25, -0.2) is 0 Å². The Bertz CT molecular complexity index is 778. The molecule has 15 nitrogen and oxygen atoms in total. The molecule has 192 valence electrons. The number of carbonyl (C=O) groups is 6. The lowest BCUT2D eigenvalue weighted by Crippen LogP contribution is -2.57. The average Bonchev–Trinajstić information content (AvgIpc) is 2.64. The van der Waals surface area contributed by atoms with Crippen LogP contribution in [0.5, 0.6) is 0 Å². The normalized spacial score (nSPS) is 14.8. The highest BCUT2D eigenvalue weighted by atomic mass is 16.7. The fraction of sp³-hybridized carbons (Fsp3) is 0.684. The van der Waals surface area contributed by atoms with Crippen molar-refractivity contribution in [3.8, 4) is 0 Å². The van der Waals surface area contributed by atoms with Gasteiger partial charge in [-0.15, -0.1) is 0 Å². The van der Waals surface area contributed by atoms with Crippen molar-refractivity contribution < 1.29 is 62.1 Å². The van der Waals surface area contributed by atoms with E-state index in [2.05, 4.69) is 0 Å². The van der Waals surface area contributed by atoms with Crippen molar-refractivity contribution in [3.63, 3.8) is 0 Å². The zero-order chi connectivity index (χ0) is 26.6. The summed E-state index contributed by atoms with van der Waals surface area (Å²) in [5, 5.41) is 11.2. The third kappa shape index (κ3) is 12.3. The summed E-state index contributed by atoms with van der Waals surface area (Å²) in [7, 11) is 0. The van der Waals surface area contributed by atoms with Crippen LogP contribution in [-0.2, 0) is 57.2 Å². The predicted molar refractivity (Wildman–Crippen MR) is 106 cm³/mol. The van der Waals surface area contributed by atoms with E-state index in [9.17, 15) is 38.9 Å². The maximum absolute atomic E-state index is 11.9. The van der Waals surface area contributed by atoms with Crippen LogP contribution in [0.2, 0.25) is 0 Å². The molecule has 0 spiro atoms. The van der Waals surface area contributed by atoms with E-state index >= 15 is 0 Å². The highest BCUT2D eigenvalue weighted by molar-refractivity contribution is 5.70. The molecule has 0 saturated heterocycles. The summed E-state index contributed by atoms with van der Waals surface area (Å²) in [4.78, 5) is 80.3. The molecular weight excluding hydrogens is 466 g/mol. The van der Waals surface area contributed by atoms with E-state index in [1.807, 2.05) is 0 Å². The number of hydrogen-bond donors (Lipinski definition) is 0. The zero-order valence-corrected chi connectivity index (χ0v) is 19.5. The Morgan fingerprint density at radius 1 is 0.588 bits per heavy atom. The zero-order valence-electron chi connectivity index (χ0n) is 19.5. The van der Waals surface area contributed by atoms with Crippen molar-refractivity contribution in [2.45, 2.75) is 72.1 Å². The fourth-order valence-corrected chi connectivity index (χ4v) is 2.78. The number of nitrogens with zero attached hydrogens (tertiary/aromatic N) is 1. The van der Waals surface area contributed by atoms with Gasteiger partial charge in [0, 0.05) is 46.5 Å². The van der Waals surface area contributed by atoms with Gasteiger partial charge in [0.05, 0.1) is 0 Å². The monoisotopic (exact) mass is 493 g/mol. The van der Waals surface area contributed by atoms with Gasteiger partial charge in [0.15, 0.2) is 24.4 Å². The van der Waals surface area contributed by atoms with E-state index in [-0.39, 0.29) is 0 Å². The lowest BCUT2D eigenvalue weighted by Gasteiger charge is -2.36. The van der Waals surface area contributed by atoms with Crippen LogP contribution >= 0.6 is 0 Å². The Labute approximate surface area is 194 Å². The van der Waals surface area contributed by atoms with Gasteiger partial charge in [-0.3, -0.25) is 38.9 Å². The molecule has 0 rings (SSSR count). The Kier molecular flexibility index (Phi) is 12.8. The summed E-state index contributed by atoms with van der Waals surface area (Å²) in [6, 6.07) is 0. The first-order valence-corrected chi connectivity index (χ1v) is 9.75. The molecule has 0 aromatic carbocycles. The van der Waals surface area contributed by atoms with Gasteiger partial charge >= 0.3 is 35.8 Å². The van der Waals surface area contributed by atoms with E-state index in [1.54, 1.807) is 0 Å². The van der Waals surface area contributed by atoms with Crippen LogP contribution in [0.15, 0.2) is 0 Å². The molecule has 34 heavy (non-hydrogen) atoms. The van der Waals surface area contributed by atoms with Crippen LogP contribution in [0, 0.1) is 10.1 Å². The van der Waals surface area contributed by atoms with E-state index in [4.69, 9.17) is 28.4 Å². The Morgan fingerprint density at radius 3 is 1.29 bits per heavy atom. The second-order valence-corrected chi connectivity index (χ2v) is 6.84. The summed E-state index contributed by atoms with van der Waals surface area (Å²) in [5.41, 5.74) is 0. The van der Waals surface area contributed by atoms with E-state index in [1.165, 1.54) is 0 Å². The maximum Gasteiger partial charge on any atom is 0.303 e. The summed E-state index contributed by atoms with van der Waals surface area (Å²) in [6.45, 7) is 3.90. The summed E-state index contributed by atoms with van der Waals surface area (Å²) in [6.07, 6.45) is -9.09. The van der Waals surface area contributed by atoms with Crippen molar-refractivity contribution in [1.82, 2.24) is 0 Å². The Hall–Kier alpha value is -3.78. The molecule has 0 aromatic heterocycles. The molecule has 0 N–H and O–H groups in total. The number of ether oxygens (including phenoxy) is 6. The summed E-state index contributed by atoms with van der Waals surface area (Å²) >= 11 is 0. The van der Waals surface area contributed by atoms with Crippen molar-refractivity contribution in [1.29, 1.82) is 0 Å². The number of rotatable bonds is 13. The van der Waals surface area contributed by atoms with E-state index in [0.717, 1.165) is 41.5 Å². The first-order valence-electron chi connectivity index (χ1n) is 9.75. The molecule has 0 aliphatic heterocycles. The van der Waals surface area contributed by atoms with Gasteiger partial charge in [0.1, 0.15) is 6.61 Å². The van der Waals surface area contributed by atoms with Crippen LogP contribution < -0.4 is 0 Å². The highest BCUT2D eigenvalue weighted by Crippen LogP contribution is 2.23. The molecule has 0 fully saturated rings. The quantitative estimate of drug-likeness (QED) is 0.137. The number of esters is 6. The lowest BCUT2D eigenvalue weighted by molar-refractivity contribution is -0.493. The van der Waals surface area contributed by atoms with Crippen LogP contribution in [0.3, 0.4) is 0 Å². The Morgan fingerprint density at radius 2 is 0.941 bits per heavy atom. The number of carbonyl (C=O) groups excluding carboxylic acids is 6. The third-order valence-electron chi connectivity index (χ3n) is 3.70. The summed E-state index contributed by atoms with van der Waals surface area (Å²) in [5.74, 6) is -5.82. The molecule has 0 bridgehead atoms. The standard InChI is InChI=1S/C19H27NO14/c1-9(21)29-8-16(31-11(3)23)18(33-13(5)25)19(34-14(6)26)17(32-12(4)24)15(7-20(27)28)30-10(2)22/h15-19H,7-8H2,1-6H3/t15-,16+,17+,18+,19-/m0/s1. The molecule has 0 aliphatic carbocycles. The second kappa shape index (κ2) is 14.4. The predicted octanol–water partition coefficient (Wildman–Crippen LogP) is -0.515. The SMILES string of the molecule is CC(=O)OC[C@@H](OC(C)=O)[C@@H](OC(C)=O)[C@@H](OC(C)=O)[C@H](OC(C)=O)[C@H](C[N+](=O)[O-])OC(C)=O. The second-order valence-electron chi connectivity index (χ2n) is 6.84. The highest BCUT2D eigenvalue weighted by Gasteiger charge is 2.49. The van der Waals surface area contributed by atoms with E-state index < -0.39 is 84.4 Å². The minimum Gasteiger partial charge on any atom is -0.462 e. The first kappa shape index (κ1) is 30.2. The molecule has 0 unspecified atom stereocenters. The largest absolute Gasteiger partial charge is 0.462 e. The van der Waals surface area contributed by atoms with Crippen molar-refractivity contribution in [2.24, 2.45) is 0 Å².